The van der Waals surface area contributed by atoms with Gasteiger partial charge in [0.15, 0.2) is 11.5 Å². The number of likely N-dealkylation sites (tertiary alicyclic amines) is 1. The monoisotopic (exact) mass is 330 g/mol. The Bertz CT molecular complexity index is 748. The van der Waals surface area contributed by atoms with Crippen molar-refractivity contribution in [1.82, 2.24) is 4.90 Å². The van der Waals surface area contributed by atoms with Crippen molar-refractivity contribution in [2.75, 3.05) is 14.2 Å². The van der Waals surface area contributed by atoms with Crippen molar-refractivity contribution in [1.29, 1.82) is 0 Å². The maximum Gasteiger partial charge on any atom is 0.242 e. The molecule has 0 radical (unpaired) electrons. The first-order chi connectivity index (χ1) is 11.5. The summed E-state index contributed by atoms with van der Waals surface area (Å²) in [4.78, 5) is 13.8. The van der Waals surface area contributed by atoms with Gasteiger partial charge in [-0.3, -0.25) is 4.79 Å². The van der Waals surface area contributed by atoms with Crippen molar-refractivity contribution in [3.8, 4) is 11.5 Å². The molecule has 2 aromatic carbocycles. The fourth-order valence-corrected chi connectivity index (χ4v) is 2.96. The van der Waals surface area contributed by atoms with Crippen molar-refractivity contribution in [3.63, 3.8) is 0 Å². The zero-order valence-corrected chi connectivity index (χ0v) is 13.5. The Kier molecular flexibility index (Phi) is 4.40. The largest absolute Gasteiger partial charge is 0.493 e. The zero-order valence-electron chi connectivity index (χ0n) is 13.5. The molecule has 24 heavy (non-hydrogen) atoms. The fourth-order valence-electron chi connectivity index (χ4n) is 2.96. The van der Waals surface area contributed by atoms with Gasteiger partial charge in [0.25, 0.3) is 0 Å². The summed E-state index contributed by atoms with van der Waals surface area (Å²) in [5.74, 6) is 0.773. The van der Waals surface area contributed by atoms with E-state index in [9.17, 15) is 9.18 Å². The van der Waals surface area contributed by atoms with E-state index in [1.165, 1.54) is 12.1 Å². The maximum atomic E-state index is 13.0. The number of β-lactam (4-membered cyclic amide) rings is 1. The van der Waals surface area contributed by atoms with Gasteiger partial charge >= 0.3 is 0 Å². The SMILES string of the molecule is COc1ccc([C@@H]2[C@@H](N)C(=O)N2Cc2ccc(F)cc2)cc1OC. The highest BCUT2D eigenvalue weighted by Gasteiger charge is 2.45. The standard InChI is InChI=1S/C18H19FN2O3/c1-23-14-8-5-12(9-15(14)24-2)17-16(20)18(22)21(17)10-11-3-6-13(19)7-4-11/h3-9,16-17H,10,20H2,1-2H3/t16-,17-/m1/s1. The minimum atomic E-state index is -0.594. The smallest absolute Gasteiger partial charge is 0.242 e. The third kappa shape index (κ3) is 2.80. The van der Waals surface area contributed by atoms with E-state index in [0.717, 1.165) is 11.1 Å². The van der Waals surface area contributed by atoms with Gasteiger partial charge in [-0.05, 0) is 35.4 Å². The summed E-state index contributed by atoms with van der Waals surface area (Å²) in [6.07, 6.45) is 0. The first-order valence-corrected chi connectivity index (χ1v) is 7.57. The highest BCUT2D eigenvalue weighted by molar-refractivity contribution is 5.89. The van der Waals surface area contributed by atoms with E-state index < -0.39 is 6.04 Å². The molecule has 5 nitrogen and oxygen atoms in total. The number of benzene rings is 2. The molecule has 1 amide bonds. The van der Waals surface area contributed by atoms with Crippen LogP contribution in [-0.4, -0.2) is 31.1 Å². The van der Waals surface area contributed by atoms with Crippen LogP contribution in [0, 0.1) is 5.82 Å². The predicted molar refractivity (Wildman–Crippen MR) is 87.2 cm³/mol. The van der Waals surface area contributed by atoms with Gasteiger partial charge in [0.1, 0.15) is 11.9 Å². The van der Waals surface area contributed by atoms with Crippen LogP contribution < -0.4 is 15.2 Å². The zero-order chi connectivity index (χ0) is 17.3. The number of carbonyl (C=O) groups excluding carboxylic acids is 1. The average molecular weight is 330 g/mol. The number of carbonyl (C=O) groups is 1. The molecule has 1 aliphatic heterocycles. The molecule has 126 valence electrons. The lowest BCUT2D eigenvalue weighted by Crippen LogP contribution is -2.62. The van der Waals surface area contributed by atoms with E-state index >= 15 is 0 Å². The topological polar surface area (TPSA) is 64.8 Å². The molecule has 0 aromatic heterocycles. The van der Waals surface area contributed by atoms with E-state index in [1.54, 1.807) is 37.3 Å². The molecule has 2 atom stereocenters. The second-order valence-corrected chi connectivity index (χ2v) is 5.68. The second-order valence-electron chi connectivity index (χ2n) is 5.68. The predicted octanol–water partition coefficient (Wildman–Crippen LogP) is 2.25. The number of ether oxygens (including phenoxy) is 2. The Hall–Kier alpha value is -2.60. The molecule has 0 aliphatic carbocycles. The van der Waals surface area contributed by atoms with Crippen molar-refractivity contribution >= 4 is 5.91 Å². The molecule has 3 rings (SSSR count). The molecule has 0 saturated carbocycles. The highest BCUT2D eigenvalue weighted by Crippen LogP contribution is 2.38. The number of hydrogen-bond acceptors (Lipinski definition) is 4. The van der Waals surface area contributed by atoms with Gasteiger partial charge < -0.3 is 20.1 Å². The van der Waals surface area contributed by atoms with Crippen LogP contribution in [-0.2, 0) is 11.3 Å². The number of nitrogens with two attached hydrogens (primary N) is 1. The van der Waals surface area contributed by atoms with Crippen molar-refractivity contribution in [2.45, 2.75) is 18.6 Å². The molecular formula is C18H19FN2O3. The Balaban J connectivity index is 1.85. The summed E-state index contributed by atoms with van der Waals surface area (Å²) < 4.78 is 23.6. The van der Waals surface area contributed by atoms with Gasteiger partial charge in [0, 0.05) is 6.54 Å². The van der Waals surface area contributed by atoms with E-state index in [1.807, 2.05) is 12.1 Å². The van der Waals surface area contributed by atoms with Crippen molar-refractivity contribution in [3.05, 3.63) is 59.4 Å². The Morgan fingerprint density at radius 2 is 1.75 bits per heavy atom. The third-order valence-corrected chi connectivity index (χ3v) is 4.26. The van der Waals surface area contributed by atoms with Crippen LogP contribution in [0.2, 0.25) is 0 Å². The number of methoxy groups -OCH3 is 2. The van der Waals surface area contributed by atoms with Gasteiger partial charge in [-0.1, -0.05) is 18.2 Å². The summed E-state index contributed by atoms with van der Waals surface area (Å²) in [6, 6.07) is 10.7. The van der Waals surface area contributed by atoms with E-state index in [-0.39, 0.29) is 17.8 Å². The number of nitrogens with zero attached hydrogens (tertiary/aromatic N) is 1. The van der Waals surface area contributed by atoms with Gasteiger partial charge in [0.2, 0.25) is 5.91 Å². The van der Waals surface area contributed by atoms with Crippen LogP contribution in [0.25, 0.3) is 0 Å². The molecular weight excluding hydrogens is 311 g/mol. The molecule has 2 aromatic rings. The third-order valence-electron chi connectivity index (χ3n) is 4.26. The minimum absolute atomic E-state index is 0.126. The quantitative estimate of drug-likeness (QED) is 0.854. The normalized spacial score (nSPS) is 19.8. The average Bonchev–Trinajstić information content (AvgIpc) is 2.62. The van der Waals surface area contributed by atoms with Crippen LogP contribution in [0.4, 0.5) is 4.39 Å². The Morgan fingerprint density at radius 3 is 2.38 bits per heavy atom. The van der Waals surface area contributed by atoms with Gasteiger partial charge in [-0.15, -0.1) is 0 Å². The first kappa shape index (κ1) is 16.3. The van der Waals surface area contributed by atoms with Crippen molar-refractivity contribution < 1.29 is 18.7 Å². The molecule has 0 bridgehead atoms. The van der Waals surface area contributed by atoms with Gasteiger partial charge in [-0.25, -0.2) is 4.39 Å². The molecule has 0 spiro atoms. The molecule has 1 heterocycles. The molecule has 1 fully saturated rings. The lowest BCUT2D eigenvalue weighted by atomic mass is 9.88. The molecule has 0 unspecified atom stereocenters. The molecule has 1 saturated heterocycles. The van der Waals surface area contributed by atoms with E-state index in [0.29, 0.717) is 18.0 Å². The van der Waals surface area contributed by atoms with E-state index in [4.69, 9.17) is 15.2 Å². The summed E-state index contributed by atoms with van der Waals surface area (Å²) in [5, 5.41) is 0. The van der Waals surface area contributed by atoms with Crippen LogP contribution in [0.3, 0.4) is 0 Å². The summed E-state index contributed by atoms with van der Waals surface area (Å²) in [6.45, 7) is 0.381. The summed E-state index contributed by atoms with van der Waals surface area (Å²) >= 11 is 0. The Labute approximate surface area is 139 Å². The molecule has 1 aliphatic rings. The number of rotatable bonds is 5. The molecule has 6 heteroatoms. The number of halogens is 1. The molecule has 2 N–H and O–H groups in total. The number of hydrogen-bond donors (Lipinski definition) is 1. The van der Waals surface area contributed by atoms with Crippen LogP contribution in [0.5, 0.6) is 11.5 Å². The van der Waals surface area contributed by atoms with Gasteiger partial charge in [0.05, 0.1) is 20.3 Å². The lowest BCUT2D eigenvalue weighted by molar-refractivity contribution is -0.150. The second kappa shape index (κ2) is 6.49. The number of amides is 1. The lowest BCUT2D eigenvalue weighted by Gasteiger charge is -2.46. The van der Waals surface area contributed by atoms with Crippen molar-refractivity contribution in [2.24, 2.45) is 5.73 Å². The highest BCUT2D eigenvalue weighted by atomic mass is 19.1. The van der Waals surface area contributed by atoms with Crippen LogP contribution in [0.15, 0.2) is 42.5 Å². The summed E-state index contributed by atoms with van der Waals surface area (Å²) in [5.41, 5.74) is 7.73. The minimum Gasteiger partial charge on any atom is -0.493 e. The summed E-state index contributed by atoms with van der Waals surface area (Å²) in [7, 11) is 3.13. The van der Waals surface area contributed by atoms with Crippen LogP contribution in [0.1, 0.15) is 17.2 Å². The maximum absolute atomic E-state index is 13.0. The Morgan fingerprint density at radius 1 is 1.08 bits per heavy atom. The van der Waals surface area contributed by atoms with Crippen LogP contribution >= 0.6 is 0 Å². The van der Waals surface area contributed by atoms with E-state index in [2.05, 4.69) is 0 Å². The first-order valence-electron chi connectivity index (χ1n) is 7.57. The fraction of sp³-hybridized carbons (Fsp3) is 0.278. The van der Waals surface area contributed by atoms with Gasteiger partial charge in [-0.2, -0.15) is 0 Å².